The van der Waals surface area contributed by atoms with E-state index < -0.39 is 0 Å². The van der Waals surface area contributed by atoms with Crippen LogP contribution in [-0.4, -0.2) is 12.5 Å². The Morgan fingerprint density at radius 1 is 1.16 bits per heavy atom. The Kier molecular flexibility index (Phi) is 2.73. The molecule has 1 amide bonds. The fraction of sp³-hybridized carbons (Fsp3) is 0.562. The van der Waals surface area contributed by atoms with Gasteiger partial charge in [0, 0.05) is 11.0 Å². The van der Waals surface area contributed by atoms with E-state index in [9.17, 15) is 4.79 Å². The molecule has 100 valence electrons. The van der Waals surface area contributed by atoms with Gasteiger partial charge in [0.15, 0.2) is 0 Å². The van der Waals surface area contributed by atoms with Gasteiger partial charge in [0.25, 0.3) is 5.91 Å². The van der Waals surface area contributed by atoms with Gasteiger partial charge in [-0.05, 0) is 76.9 Å². The Morgan fingerprint density at radius 2 is 2.00 bits per heavy atom. The van der Waals surface area contributed by atoms with Gasteiger partial charge in [0.2, 0.25) is 0 Å². The van der Waals surface area contributed by atoms with E-state index in [1.807, 2.05) is 24.3 Å². The normalized spacial score (nSPS) is 38.1. The number of rotatable bonds is 3. The first-order valence-electron chi connectivity index (χ1n) is 7.27. The highest BCUT2D eigenvalue weighted by Crippen LogP contribution is 2.67. The third kappa shape index (κ3) is 1.94. The predicted octanol–water partition coefficient (Wildman–Crippen LogP) is 3.47. The van der Waals surface area contributed by atoms with Crippen LogP contribution in [0.3, 0.4) is 0 Å². The molecule has 0 aliphatic heterocycles. The van der Waals surface area contributed by atoms with Crippen LogP contribution in [0.15, 0.2) is 28.7 Å². The monoisotopic (exact) mass is 319 g/mol. The summed E-state index contributed by atoms with van der Waals surface area (Å²) in [6.07, 6.45) is 4.26. The summed E-state index contributed by atoms with van der Waals surface area (Å²) in [5, 5.41) is 3.14. The Labute approximate surface area is 122 Å². The SMILES string of the molecule is O=C(NC[C@@H]1C[C@H]2C[C@H]1[C@@H]1C[C@H]21)c1ccccc1Br. The van der Waals surface area contributed by atoms with Crippen LogP contribution in [0.5, 0.6) is 0 Å². The van der Waals surface area contributed by atoms with Gasteiger partial charge in [-0.2, -0.15) is 0 Å². The number of amides is 1. The van der Waals surface area contributed by atoms with E-state index >= 15 is 0 Å². The second-order valence-electron chi connectivity index (χ2n) is 6.41. The van der Waals surface area contributed by atoms with Crippen molar-refractivity contribution in [3.05, 3.63) is 34.3 Å². The topological polar surface area (TPSA) is 29.1 Å². The lowest BCUT2D eigenvalue weighted by Gasteiger charge is -2.21. The van der Waals surface area contributed by atoms with E-state index in [1.165, 1.54) is 19.3 Å². The molecule has 3 aliphatic rings. The third-order valence-corrected chi connectivity index (χ3v) is 6.17. The number of hydrogen-bond donors (Lipinski definition) is 1. The van der Waals surface area contributed by atoms with Crippen LogP contribution in [0.2, 0.25) is 0 Å². The highest BCUT2D eigenvalue weighted by molar-refractivity contribution is 9.10. The molecule has 0 spiro atoms. The molecule has 3 aliphatic carbocycles. The average molecular weight is 320 g/mol. The molecule has 1 aromatic rings. The number of halogens is 1. The van der Waals surface area contributed by atoms with Gasteiger partial charge >= 0.3 is 0 Å². The minimum atomic E-state index is 0.0580. The molecule has 19 heavy (non-hydrogen) atoms. The van der Waals surface area contributed by atoms with E-state index in [1.54, 1.807) is 0 Å². The summed E-state index contributed by atoms with van der Waals surface area (Å²) in [6.45, 7) is 0.866. The van der Waals surface area contributed by atoms with E-state index in [4.69, 9.17) is 0 Å². The van der Waals surface area contributed by atoms with Crippen molar-refractivity contribution >= 4 is 21.8 Å². The van der Waals surface area contributed by atoms with E-state index in [0.29, 0.717) is 0 Å². The summed E-state index contributed by atoms with van der Waals surface area (Å²) >= 11 is 3.44. The van der Waals surface area contributed by atoms with E-state index in [-0.39, 0.29) is 5.91 Å². The number of fused-ring (bicyclic) bond motifs is 5. The maximum Gasteiger partial charge on any atom is 0.252 e. The standard InChI is InChI=1S/C16H18BrNO/c17-15-4-2-1-3-11(15)16(19)18-8-10-5-9-6-12(10)14-7-13(9)14/h1-4,9-10,12-14H,5-8H2,(H,18,19)/t9-,10-,12+,13+,14-/m0/s1. The summed E-state index contributed by atoms with van der Waals surface area (Å²) in [4.78, 5) is 12.2. The molecular weight excluding hydrogens is 302 g/mol. The smallest absolute Gasteiger partial charge is 0.252 e. The summed E-state index contributed by atoms with van der Waals surface area (Å²) in [7, 11) is 0. The molecule has 2 bridgehead atoms. The van der Waals surface area contributed by atoms with Gasteiger partial charge in [-0.15, -0.1) is 0 Å². The number of hydrogen-bond acceptors (Lipinski definition) is 1. The molecule has 1 N–H and O–H groups in total. The Balaban J connectivity index is 1.38. The molecule has 3 saturated carbocycles. The van der Waals surface area contributed by atoms with Crippen LogP contribution in [0.1, 0.15) is 29.6 Å². The van der Waals surface area contributed by atoms with Crippen LogP contribution < -0.4 is 5.32 Å². The maximum absolute atomic E-state index is 12.2. The number of carbonyl (C=O) groups excluding carboxylic acids is 1. The minimum Gasteiger partial charge on any atom is -0.352 e. The van der Waals surface area contributed by atoms with Gasteiger partial charge in [-0.1, -0.05) is 12.1 Å². The number of benzene rings is 1. The first kappa shape index (κ1) is 12.0. The quantitative estimate of drug-likeness (QED) is 0.908. The van der Waals surface area contributed by atoms with Crippen LogP contribution in [0.25, 0.3) is 0 Å². The molecule has 2 nitrogen and oxygen atoms in total. The second-order valence-corrected chi connectivity index (χ2v) is 7.26. The molecule has 4 rings (SSSR count). The Hall–Kier alpha value is -0.830. The molecule has 0 unspecified atom stereocenters. The fourth-order valence-electron chi connectivity index (χ4n) is 4.55. The van der Waals surface area contributed by atoms with Crippen molar-refractivity contribution in [3.63, 3.8) is 0 Å². The van der Waals surface area contributed by atoms with Crippen LogP contribution in [0, 0.1) is 29.6 Å². The first-order chi connectivity index (χ1) is 9.24. The maximum atomic E-state index is 12.2. The lowest BCUT2D eigenvalue weighted by Crippen LogP contribution is -2.32. The zero-order chi connectivity index (χ0) is 13.0. The molecule has 1 aromatic carbocycles. The molecule has 5 atom stereocenters. The van der Waals surface area contributed by atoms with Crippen molar-refractivity contribution in [2.75, 3.05) is 6.54 Å². The van der Waals surface area contributed by atoms with Crippen molar-refractivity contribution < 1.29 is 4.79 Å². The predicted molar refractivity (Wildman–Crippen MR) is 77.8 cm³/mol. The molecule has 3 fully saturated rings. The van der Waals surface area contributed by atoms with Gasteiger partial charge < -0.3 is 5.32 Å². The number of carbonyl (C=O) groups is 1. The van der Waals surface area contributed by atoms with Crippen molar-refractivity contribution in [1.29, 1.82) is 0 Å². The molecule has 0 radical (unpaired) electrons. The van der Waals surface area contributed by atoms with Crippen LogP contribution >= 0.6 is 15.9 Å². The lowest BCUT2D eigenvalue weighted by molar-refractivity contribution is 0.0940. The van der Waals surface area contributed by atoms with Crippen LogP contribution in [-0.2, 0) is 0 Å². The average Bonchev–Trinajstić information content (AvgIpc) is 3.03. The van der Waals surface area contributed by atoms with E-state index in [2.05, 4.69) is 21.2 Å². The Bertz CT molecular complexity index is 529. The van der Waals surface area contributed by atoms with Crippen LogP contribution in [0.4, 0.5) is 0 Å². The molecule has 0 saturated heterocycles. The summed E-state index contributed by atoms with van der Waals surface area (Å²) in [6, 6.07) is 7.63. The largest absolute Gasteiger partial charge is 0.352 e. The van der Waals surface area contributed by atoms with Crippen molar-refractivity contribution in [1.82, 2.24) is 5.32 Å². The Morgan fingerprint density at radius 3 is 2.74 bits per heavy atom. The summed E-state index contributed by atoms with van der Waals surface area (Å²) < 4.78 is 0.877. The van der Waals surface area contributed by atoms with Gasteiger partial charge in [0.05, 0.1) is 5.56 Å². The van der Waals surface area contributed by atoms with E-state index in [0.717, 1.165) is 46.2 Å². The fourth-order valence-corrected chi connectivity index (χ4v) is 5.01. The summed E-state index contributed by atoms with van der Waals surface area (Å²) in [5.41, 5.74) is 0.745. The van der Waals surface area contributed by atoms with Crippen molar-refractivity contribution in [3.8, 4) is 0 Å². The zero-order valence-corrected chi connectivity index (χ0v) is 12.4. The minimum absolute atomic E-state index is 0.0580. The highest BCUT2D eigenvalue weighted by Gasteiger charge is 2.60. The second kappa shape index (κ2) is 4.34. The zero-order valence-electron chi connectivity index (χ0n) is 10.8. The van der Waals surface area contributed by atoms with Crippen molar-refractivity contribution in [2.24, 2.45) is 29.6 Å². The van der Waals surface area contributed by atoms with Gasteiger partial charge in [0.1, 0.15) is 0 Å². The third-order valence-electron chi connectivity index (χ3n) is 5.48. The highest BCUT2D eigenvalue weighted by atomic mass is 79.9. The van der Waals surface area contributed by atoms with Gasteiger partial charge in [-0.25, -0.2) is 0 Å². The number of nitrogens with one attached hydrogen (secondary N) is 1. The first-order valence-corrected chi connectivity index (χ1v) is 8.06. The van der Waals surface area contributed by atoms with Gasteiger partial charge in [-0.3, -0.25) is 4.79 Å². The summed E-state index contributed by atoms with van der Waals surface area (Å²) in [5.74, 6) is 4.78. The lowest BCUT2D eigenvalue weighted by atomic mass is 9.88. The molecule has 3 heteroatoms. The molecular formula is C16H18BrNO. The molecule has 0 aromatic heterocycles. The molecule has 0 heterocycles. The van der Waals surface area contributed by atoms with Crippen molar-refractivity contribution in [2.45, 2.75) is 19.3 Å².